The molecule has 3 rings (SSSR count). The molecule has 1 N–H and O–H groups in total. The summed E-state index contributed by atoms with van der Waals surface area (Å²) in [5.41, 5.74) is 2.28. The van der Waals surface area contributed by atoms with Crippen LogP contribution in [0, 0.1) is 12.7 Å². The molecule has 0 aliphatic heterocycles. The number of benzene rings is 2. The standard InChI is InChI=1S/C17H14FN3O/c1-12-3-8-16(15(18)11-12)20-17(22)13-4-6-14(7-5-13)21-10-2-9-19-21/h2-11H,1H3,(H,20,22). The second kappa shape index (κ2) is 5.81. The van der Waals surface area contributed by atoms with Crippen molar-refractivity contribution in [2.45, 2.75) is 6.92 Å². The zero-order valence-corrected chi connectivity index (χ0v) is 12.0. The molecule has 110 valence electrons. The van der Waals surface area contributed by atoms with Crippen LogP contribution in [-0.4, -0.2) is 15.7 Å². The van der Waals surface area contributed by atoms with E-state index in [0.29, 0.717) is 5.56 Å². The van der Waals surface area contributed by atoms with Gasteiger partial charge in [-0.3, -0.25) is 4.79 Å². The molecule has 0 aliphatic rings. The Hall–Kier alpha value is -2.95. The number of nitrogens with one attached hydrogen (secondary N) is 1. The molecule has 0 saturated carbocycles. The van der Waals surface area contributed by atoms with Crippen LogP contribution in [0.25, 0.3) is 5.69 Å². The second-order valence-corrected chi connectivity index (χ2v) is 4.93. The second-order valence-electron chi connectivity index (χ2n) is 4.93. The van der Waals surface area contributed by atoms with Crippen LogP contribution >= 0.6 is 0 Å². The first kappa shape index (κ1) is 14.0. The maximum atomic E-state index is 13.8. The number of halogens is 1. The summed E-state index contributed by atoms with van der Waals surface area (Å²) in [6.07, 6.45) is 3.50. The van der Waals surface area contributed by atoms with Crippen molar-refractivity contribution in [1.82, 2.24) is 9.78 Å². The molecule has 0 aliphatic carbocycles. The molecule has 3 aromatic rings. The maximum absolute atomic E-state index is 13.8. The number of hydrogen-bond acceptors (Lipinski definition) is 2. The zero-order chi connectivity index (χ0) is 15.5. The van der Waals surface area contributed by atoms with E-state index in [1.165, 1.54) is 6.07 Å². The molecule has 2 aromatic carbocycles. The van der Waals surface area contributed by atoms with E-state index < -0.39 is 5.82 Å². The highest BCUT2D eigenvalue weighted by Crippen LogP contribution is 2.17. The number of anilines is 1. The number of nitrogens with zero attached hydrogens (tertiary/aromatic N) is 2. The summed E-state index contributed by atoms with van der Waals surface area (Å²) >= 11 is 0. The smallest absolute Gasteiger partial charge is 0.255 e. The Morgan fingerprint density at radius 3 is 2.59 bits per heavy atom. The van der Waals surface area contributed by atoms with E-state index in [-0.39, 0.29) is 11.6 Å². The van der Waals surface area contributed by atoms with Crippen LogP contribution in [0.5, 0.6) is 0 Å². The summed E-state index contributed by atoms with van der Waals surface area (Å²) < 4.78 is 15.4. The van der Waals surface area contributed by atoms with Gasteiger partial charge in [-0.1, -0.05) is 6.07 Å². The third-order valence-corrected chi connectivity index (χ3v) is 3.27. The number of hydrogen-bond donors (Lipinski definition) is 1. The summed E-state index contributed by atoms with van der Waals surface area (Å²) in [6, 6.07) is 13.4. The SMILES string of the molecule is Cc1ccc(NC(=O)c2ccc(-n3cccn3)cc2)c(F)c1. The average molecular weight is 295 g/mol. The van der Waals surface area contributed by atoms with Crippen LogP contribution in [0.15, 0.2) is 60.9 Å². The number of rotatable bonds is 3. The fraction of sp³-hybridized carbons (Fsp3) is 0.0588. The Morgan fingerprint density at radius 2 is 1.95 bits per heavy atom. The van der Waals surface area contributed by atoms with Gasteiger partial charge >= 0.3 is 0 Å². The van der Waals surface area contributed by atoms with E-state index in [9.17, 15) is 9.18 Å². The first-order valence-corrected chi connectivity index (χ1v) is 6.81. The van der Waals surface area contributed by atoms with Gasteiger partial charge in [-0.25, -0.2) is 9.07 Å². The van der Waals surface area contributed by atoms with Crippen LogP contribution in [0.1, 0.15) is 15.9 Å². The van der Waals surface area contributed by atoms with Crippen LogP contribution in [-0.2, 0) is 0 Å². The van der Waals surface area contributed by atoms with E-state index in [0.717, 1.165) is 11.3 Å². The molecule has 1 heterocycles. The van der Waals surface area contributed by atoms with Crippen molar-refractivity contribution >= 4 is 11.6 Å². The van der Waals surface area contributed by atoms with Gasteiger partial charge in [0.25, 0.3) is 5.91 Å². The van der Waals surface area contributed by atoms with E-state index in [1.807, 2.05) is 12.3 Å². The summed E-state index contributed by atoms with van der Waals surface area (Å²) in [5, 5.41) is 6.69. The Kier molecular flexibility index (Phi) is 3.70. The molecule has 0 radical (unpaired) electrons. The molecule has 5 heteroatoms. The van der Waals surface area contributed by atoms with Crippen molar-refractivity contribution in [3.63, 3.8) is 0 Å². The predicted molar refractivity (Wildman–Crippen MR) is 82.7 cm³/mol. The van der Waals surface area contributed by atoms with Gasteiger partial charge in [0.2, 0.25) is 0 Å². The minimum atomic E-state index is -0.443. The molecule has 0 saturated heterocycles. The Morgan fingerprint density at radius 1 is 1.18 bits per heavy atom. The molecule has 0 unspecified atom stereocenters. The van der Waals surface area contributed by atoms with Crippen LogP contribution in [0.4, 0.5) is 10.1 Å². The fourth-order valence-corrected chi connectivity index (χ4v) is 2.10. The predicted octanol–water partition coefficient (Wildman–Crippen LogP) is 3.57. The van der Waals surface area contributed by atoms with Gasteiger partial charge in [0, 0.05) is 18.0 Å². The lowest BCUT2D eigenvalue weighted by Crippen LogP contribution is -2.13. The van der Waals surface area contributed by atoms with E-state index in [4.69, 9.17) is 0 Å². The van der Waals surface area contributed by atoms with Gasteiger partial charge in [0.1, 0.15) is 5.82 Å². The highest BCUT2D eigenvalue weighted by molar-refractivity contribution is 6.04. The van der Waals surface area contributed by atoms with Crippen molar-refractivity contribution in [2.24, 2.45) is 0 Å². The first-order chi connectivity index (χ1) is 10.6. The van der Waals surface area contributed by atoms with Crippen molar-refractivity contribution in [2.75, 3.05) is 5.32 Å². The molecule has 0 fully saturated rings. The van der Waals surface area contributed by atoms with Gasteiger partial charge in [-0.2, -0.15) is 5.10 Å². The van der Waals surface area contributed by atoms with Gasteiger partial charge in [0.15, 0.2) is 0 Å². The zero-order valence-electron chi connectivity index (χ0n) is 12.0. The first-order valence-electron chi connectivity index (χ1n) is 6.81. The lowest BCUT2D eigenvalue weighted by molar-refractivity contribution is 0.102. The molecular formula is C17H14FN3O. The van der Waals surface area contributed by atoms with Crippen molar-refractivity contribution < 1.29 is 9.18 Å². The summed E-state index contributed by atoms with van der Waals surface area (Å²) in [7, 11) is 0. The van der Waals surface area contributed by atoms with E-state index >= 15 is 0 Å². The van der Waals surface area contributed by atoms with Gasteiger partial charge in [-0.05, 0) is 55.0 Å². The molecule has 22 heavy (non-hydrogen) atoms. The minimum absolute atomic E-state index is 0.173. The Balaban J connectivity index is 1.77. The molecule has 4 nitrogen and oxygen atoms in total. The lowest BCUT2D eigenvalue weighted by atomic mass is 10.1. The summed E-state index contributed by atoms with van der Waals surface area (Å²) in [4.78, 5) is 12.1. The van der Waals surface area contributed by atoms with Gasteiger partial charge in [-0.15, -0.1) is 0 Å². The summed E-state index contributed by atoms with van der Waals surface area (Å²) in [6.45, 7) is 1.79. The number of carbonyl (C=O) groups excluding carboxylic acids is 1. The van der Waals surface area contributed by atoms with Crippen molar-refractivity contribution in [3.05, 3.63) is 77.9 Å². The average Bonchev–Trinajstić information content (AvgIpc) is 3.04. The highest BCUT2D eigenvalue weighted by Gasteiger charge is 2.09. The molecule has 0 bridgehead atoms. The number of aryl methyl sites for hydroxylation is 1. The molecule has 1 aromatic heterocycles. The molecule has 0 spiro atoms. The van der Waals surface area contributed by atoms with Gasteiger partial charge < -0.3 is 5.32 Å². The minimum Gasteiger partial charge on any atom is -0.319 e. The lowest BCUT2D eigenvalue weighted by Gasteiger charge is -2.08. The Bertz CT molecular complexity index is 795. The quantitative estimate of drug-likeness (QED) is 0.803. The van der Waals surface area contributed by atoms with Gasteiger partial charge in [0.05, 0.1) is 11.4 Å². The van der Waals surface area contributed by atoms with Crippen LogP contribution in [0.2, 0.25) is 0 Å². The van der Waals surface area contributed by atoms with E-state index in [2.05, 4.69) is 10.4 Å². The van der Waals surface area contributed by atoms with Crippen molar-refractivity contribution in [1.29, 1.82) is 0 Å². The van der Waals surface area contributed by atoms with E-state index in [1.54, 1.807) is 54.2 Å². The van der Waals surface area contributed by atoms with Crippen LogP contribution in [0.3, 0.4) is 0 Å². The highest BCUT2D eigenvalue weighted by atomic mass is 19.1. The largest absolute Gasteiger partial charge is 0.319 e. The Labute approximate surface area is 127 Å². The summed E-state index contributed by atoms with van der Waals surface area (Å²) in [5.74, 6) is -0.795. The number of amides is 1. The molecule has 0 atom stereocenters. The number of aromatic nitrogens is 2. The third-order valence-electron chi connectivity index (χ3n) is 3.27. The molecule has 1 amide bonds. The molecular weight excluding hydrogens is 281 g/mol. The topological polar surface area (TPSA) is 46.9 Å². The van der Waals surface area contributed by atoms with Crippen LogP contribution < -0.4 is 5.32 Å². The maximum Gasteiger partial charge on any atom is 0.255 e. The van der Waals surface area contributed by atoms with Crippen molar-refractivity contribution in [3.8, 4) is 5.69 Å². The normalized spacial score (nSPS) is 10.5. The monoisotopic (exact) mass is 295 g/mol. The fourth-order valence-electron chi connectivity index (χ4n) is 2.10. The third kappa shape index (κ3) is 2.88. The number of carbonyl (C=O) groups is 1.